The van der Waals surface area contributed by atoms with Crippen molar-refractivity contribution >= 4 is 36.3 Å². The number of carboxylic acids is 1. The highest BCUT2D eigenvalue weighted by molar-refractivity contribution is 7.80. The van der Waals surface area contributed by atoms with Crippen LogP contribution in [-0.4, -0.2) is 68.7 Å². The van der Waals surface area contributed by atoms with Crippen molar-refractivity contribution in [2.75, 3.05) is 5.75 Å². The Morgan fingerprint density at radius 2 is 1.69 bits per heavy atom. The maximum absolute atomic E-state index is 13.2. The highest BCUT2D eigenvalue weighted by atomic mass is 32.1. The summed E-state index contributed by atoms with van der Waals surface area (Å²) in [5.74, 6) is -3.16. The summed E-state index contributed by atoms with van der Waals surface area (Å²) in [6.07, 6.45) is 3.61. The molecule has 7 N–H and O–H groups in total. The molecule has 1 heterocycles. The molecule has 0 aliphatic rings. The molecule has 2 aromatic rings. The molecular weight excluding hydrogens is 484 g/mol. The third-order valence-corrected chi connectivity index (χ3v) is 6.23. The quantitative estimate of drug-likeness (QED) is 0.172. The van der Waals surface area contributed by atoms with E-state index in [2.05, 4.69) is 38.5 Å². The van der Waals surface area contributed by atoms with Gasteiger partial charge in [0.2, 0.25) is 17.7 Å². The largest absolute Gasteiger partial charge is 0.480 e. The molecular formula is C24H34N6O5S. The summed E-state index contributed by atoms with van der Waals surface area (Å²) >= 11 is 4.02. The van der Waals surface area contributed by atoms with Crippen LogP contribution in [0.4, 0.5) is 0 Å². The number of aromatic nitrogens is 2. The number of nitrogens with two attached hydrogens (primary N) is 1. The van der Waals surface area contributed by atoms with E-state index in [0.717, 1.165) is 5.56 Å². The second-order valence-corrected chi connectivity index (χ2v) is 8.96. The summed E-state index contributed by atoms with van der Waals surface area (Å²) < 4.78 is 0. The van der Waals surface area contributed by atoms with Crippen LogP contribution in [0.15, 0.2) is 42.9 Å². The maximum Gasteiger partial charge on any atom is 0.326 e. The Labute approximate surface area is 215 Å². The Bertz CT molecular complexity index is 1000. The van der Waals surface area contributed by atoms with E-state index in [1.54, 1.807) is 31.2 Å². The van der Waals surface area contributed by atoms with Gasteiger partial charge in [-0.3, -0.25) is 14.4 Å². The zero-order valence-electron chi connectivity index (χ0n) is 20.3. The minimum absolute atomic E-state index is 0.0343. The van der Waals surface area contributed by atoms with Crippen molar-refractivity contribution in [3.63, 3.8) is 0 Å². The topological polar surface area (TPSA) is 179 Å². The minimum atomic E-state index is -1.21. The molecule has 1 aromatic carbocycles. The first-order chi connectivity index (χ1) is 17.2. The fourth-order valence-corrected chi connectivity index (χ4v) is 3.62. The second-order valence-electron chi connectivity index (χ2n) is 8.59. The number of carboxylic acid groups (broad SMARTS) is 1. The minimum Gasteiger partial charge on any atom is -0.480 e. The van der Waals surface area contributed by atoms with Crippen molar-refractivity contribution in [1.82, 2.24) is 25.9 Å². The molecule has 0 saturated heterocycles. The van der Waals surface area contributed by atoms with Gasteiger partial charge >= 0.3 is 5.97 Å². The van der Waals surface area contributed by atoms with Crippen molar-refractivity contribution in [3.05, 3.63) is 54.1 Å². The fraction of sp³-hybridized carbons (Fsp3) is 0.458. The monoisotopic (exact) mass is 518 g/mol. The van der Waals surface area contributed by atoms with Gasteiger partial charge in [-0.1, -0.05) is 50.6 Å². The van der Waals surface area contributed by atoms with Crippen LogP contribution in [0.2, 0.25) is 0 Å². The number of carbonyl (C=O) groups excluding carboxylic acids is 3. The van der Waals surface area contributed by atoms with Gasteiger partial charge in [0.1, 0.15) is 18.1 Å². The lowest BCUT2D eigenvalue weighted by molar-refractivity contribution is -0.142. The van der Waals surface area contributed by atoms with Crippen molar-refractivity contribution < 1.29 is 24.3 Å². The van der Waals surface area contributed by atoms with Crippen LogP contribution in [0.5, 0.6) is 0 Å². The van der Waals surface area contributed by atoms with Crippen LogP contribution < -0.4 is 21.7 Å². The molecule has 3 amide bonds. The molecule has 0 radical (unpaired) electrons. The number of rotatable bonds is 14. The predicted molar refractivity (Wildman–Crippen MR) is 137 cm³/mol. The number of benzene rings is 1. The van der Waals surface area contributed by atoms with Gasteiger partial charge in [0.05, 0.1) is 12.4 Å². The number of amides is 3. The summed E-state index contributed by atoms with van der Waals surface area (Å²) in [5.41, 5.74) is 7.04. The molecule has 36 heavy (non-hydrogen) atoms. The van der Waals surface area contributed by atoms with E-state index in [0.29, 0.717) is 12.1 Å². The second kappa shape index (κ2) is 14.2. The lowest BCUT2D eigenvalue weighted by Crippen LogP contribution is -2.59. The molecule has 196 valence electrons. The Morgan fingerprint density at radius 1 is 1.03 bits per heavy atom. The fourth-order valence-electron chi connectivity index (χ4n) is 3.45. The van der Waals surface area contributed by atoms with Crippen LogP contribution in [0.1, 0.15) is 31.5 Å². The highest BCUT2D eigenvalue weighted by Crippen LogP contribution is 2.11. The molecule has 2 rings (SSSR count). The molecule has 0 aliphatic carbocycles. The molecule has 0 saturated carbocycles. The van der Waals surface area contributed by atoms with Crippen molar-refractivity contribution in [2.24, 2.45) is 11.7 Å². The Kier molecular flexibility index (Phi) is 11.4. The first-order valence-corrected chi connectivity index (χ1v) is 12.3. The lowest BCUT2D eigenvalue weighted by atomic mass is 9.97. The summed E-state index contributed by atoms with van der Waals surface area (Å²) in [6.45, 7) is 3.66. The number of aliphatic carboxylic acids is 1. The zero-order chi connectivity index (χ0) is 26.7. The van der Waals surface area contributed by atoms with Crippen molar-refractivity contribution in [3.8, 4) is 0 Å². The first kappa shape index (κ1) is 28.9. The van der Waals surface area contributed by atoms with Gasteiger partial charge in [-0.25, -0.2) is 9.78 Å². The van der Waals surface area contributed by atoms with Gasteiger partial charge in [-0.05, 0) is 11.5 Å². The third kappa shape index (κ3) is 8.68. The summed E-state index contributed by atoms with van der Waals surface area (Å²) in [7, 11) is 0. The zero-order valence-corrected chi connectivity index (χ0v) is 21.2. The molecule has 0 spiro atoms. The van der Waals surface area contributed by atoms with Crippen LogP contribution in [0.25, 0.3) is 0 Å². The average molecular weight is 519 g/mol. The number of hydrogen-bond acceptors (Lipinski definition) is 7. The molecule has 0 bridgehead atoms. The molecule has 0 fully saturated rings. The maximum atomic E-state index is 13.2. The van der Waals surface area contributed by atoms with Crippen LogP contribution >= 0.6 is 12.6 Å². The van der Waals surface area contributed by atoms with Crippen LogP contribution in [-0.2, 0) is 32.0 Å². The van der Waals surface area contributed by atoms with E-state index in [-0.39, 0.29) is 24.5 Å². The standard InChI is InChI=1S/C24H34N6O5S/c1-3-14(2)20(30-21(31)17(25)12-36)23(33)28-18(10-16-11-26-13-27-16)22(32)29-19(24(34)35)9-15-7-5-4-6-8-15/h4-8,11,13-14,17-20,36H,3,9-10,12,25H2,1-2H3,(H,26,27)(H,28,33)(H,29,32)(H,30,31)(H,34,35). The molecule has 11 nitrogen and oxygen atoms in total. The third-order valence-electron chi connectivity index (χ3n) is 5.84. The smallest absolute Gasteiger partial charge is 0.326 e. The number of aromatic amines is 1. The van der Waals surface area contributed by atoms with E-state index in [9.17, 15) is 24.3 Å². The van der Waals surface area contributed by atoms with E-state index in [1.165, 1.54) is 12.5 Å². The average Bonchev–Trinajstić information content (AvgIpc) is 3.38. The van der Waals surface area contributed by atoms with Gasteiger partial charge < -0.3 is 31.8 Å². The molecule has 1 aromatic heterocycles. The van der Waals surface area contributed by atoms with Crippen molar-refractivity contribution in [2.45, 2.75) is 57.3 Å². The molecule has 5 atom stereocenters. The Balaban J connectivity index is 2.22. The van der Waals surface area contributed by atoms with Gasteiger partial charge in [-0.2, -0.15) is 12.6 Å². The number of hydrogen-bond donors (Lipinski definition) is 7. The van der Waals surface area contributed by atoms with Gasteiger partial charge in [0.15, 0.2) is 0 Å². The molecule has 0 aliphatic heterocycles. The summed E-state index contributed by atoms with van der Waals surface area (Å²) in [6, 6.07) is 4.71. The van der Waals surface area contributed by atoms with E-state index in [4.69, 9.17) is 5.73 Å². The number of H-pyrrole nitrogens is 1. The van der Waals surface area contributed by atoms with Crippen LogP contribution in [0, 0.1) is 5.92 Å². The SMILES string of the molecule is CCC(C)C(NC(=O)C(N)CS)C(=O)NC(Cc1cnc[nH]1)C(=O)NC(Cc1ccccc1)C(=O)O. The van der Waals surface area contributed by atoms with Gasteiger partial charge in [0.25, 0.3) is 0 Å². The normalized spacial score (nSPS) is 15.1. The van der Waals surface area contributed by atoms with E-state index >= 15 is 0 Å². The number of carbonyl (C=O) groups is 4. The number of nitrogens with zero attached hydrogens (tertiary/aromatic N) is 1. The predicted octanol–water partition coefficient (Wildman–Crippen LogP) is 0.0371. The lowest BCUT2D eigenvalue weighted by Gasteiger charge is -2.27. The highest BCUT2D eigenvalue weighted by Gasteiger charge is 2.32. The number of nitrogens with one attached hydrogen (secondary N) is 4. The first-order valence-electron chi connectivity index (χ1n) is 11.7. The van der Waals surface area contributed by atoms with Crippen molar-refractivity contribution in [1.29, 1.82) is 0 Å². The number of thiol groups is 1. The van der Waals surface area contributed by atoms with Crippen LogP contribution in [0.3, 0.4) is 0 Å². The summed E-state index contributed by atoms with van der Waals surface area (Å²) in [4.78, 5) is 57.5. The van der Waals surface area contributed by atoms with E-state index in [1.807, 2.05) is 13.0 Å². The number of imidazole rings is 1. The van der Waals surface area contributed by atoms with Gasteiger partial charge in [-0.15, -0.1) is 0 Å². The van der Waals surface area contributed by atoms with E-state index < -0.39 is 47.9 Å². The molecule has 12 heteroatoms. The Hall–Kier alpha value is -3.38. The van der Waals surface area contributed by atoms with Gasteiger partial charge in [0, 0.05) is 30.5 Å². The summed E-state index contributed by atoms with van der Waals surface area (Å²) in [5, 5.41) is 17.5. The Morgan fingerprint density at radius 3 is 2.25 bits per heavy atom. The molecule has 5 unspecified atom stereocenters.